The molecular weight excluding hydrogens is 254 g/mol. The van der Waals surface area contributed by atoms with Gasteiger partial charge >= 0.3 is 5.97 Å². The van der Waals surface area contributed by atoms with Gasteiger partial charge in [-0.25, -0.2) is 4.79 Å². The van der Waals surface area contributed by atoms with Crippen molar-refractivity contribution >= 4 is 5.97 Å². The van der Waals surface area contributed by atoms with Gasteiger partial charge in [0.15, 0.2) is 0 Å². The SMILES string of the molecule is CCC(c1ccccc1)N1CCC(OCC(=O)O)CC1. The van der Waals surface area contributed by atoms with Crippen molar-refractivity contribution in [3.63, 3.8) is 0 Å². The monoisotopic (exact) mass is 277 g/mol. The molecule has 0 bridgehead atoms. The van der Waals surface area contributed by atoms with Crippen molar-refractivity contribution in [3.8, 4) is 0 Å². The molecule has 4 nitrogen and oxygen atoms in total. The molecule has 110 valence electrons. The largest absolute Gasteiger partial charge is 0.480 e. The number of likely N-dealkylation sites (tertiary alicyclic amines) is 1. The van der Waals surface area contributed by atoms with Gasteiger partial charge < -0.3 is 9.84 Å². The number of carbonyl (C=O) groups is 1. The van der Waals surface area contributed by atoms with E-state index in [0.29, 0.717) is 6.04 Å². The van der Waals surface area contributed by atoms with Crippen LogP contribution in [0.5, 0.6) is 0 Å². The zero-order valence-electron chi connectivity index (χ0n) is 12.0. The number of nitrogens with zero attached hydrogens (tertiary/aromatic N) is 1. The summed E-state index contributed by atoms with van der Waals surface area (Å²) in [4.78, 5) is 13.0. The van der Waals surface area contributed by atoms with Gasteiger partial charge in [0.25, 0.3) is 0 Å². The van der Waals surface area contributed by atoms with Gasteiger partial charge in [0.2, 0.25) is 0 Å². The number of rotatable bonds is 6. The number of hydrogen-bond donors (Lipinski definition) is 1. The highest BCUT2D eigenvalue weighted by molar-refractivity contribution is 5.68. The fraction of sp³-hybridized carbons (Fsp3) is 0.562. The molecule has 0 spiro atoms. The third-order valence-electron chi connectivity index (χ3n) is 3.93. The maximum atomic E-state index is 10.5. The lowest BCUT2D eigenvalue weighted by Crippen LogP contribution is -2.39. The Hall–Kier alpha value is -1.39. The minimum atomic E-state index is -0.886. The van der Waals surface area contributed by atoms with E-state index in [4.69, 9.17) is 9.84 Å². The van der Waals surface area contributed by atoms with E-state index in [1.165, 1.54) is 5.56 Å². The molecule has 1 fully saturated rings. The van der Waals surface area contributed by atoms with Gasteiger partial charge in [0, 0.05) is 19.1 Å². The second-order valence-electron chi connectivity index (χ2n) is 5.27. The number of ether oxygens (including phenoxy) is 1. The Morgan fingerprint density at radius 3 is 2.55 bits per heavy atom. The number of carboxylic acid groups (broad SMARTS) is 1. The molecule has 1 aromatic carbocycles. The average Bonchev–Trinajstić information content (AvgIpc) is 2.48. The maximum absolute atomic E-state index is 10.5. The molecule has 0 radical (unpaired) electrons. The molecule has 0 aromatic heterocycles. The van der Waals surface area contributed by atoms with Crippen LogP contribution in [-0.4, -0.2) is 41.8 Å². The minimum Gasteiger partial charge on any atom is -0.480 e. The molecule has 1 aromatic rings. The Labute approximate surface area is 120 Å². The maximum Gasteiger partial charge on any atom is 0.329 e. The Kier molecular flexibility index (Phi) is 5.56. The van der Waals surface area contributed by atoms with Gasteiger partial charge in [-0.05, 0) is 24.8 Å². The van der Waals surface area contributed by atoms with Crippen LogP contribution in [-0.2, 0) is 9.53 Å². The Bertz CT molecular complexity index is 413. The number of piperidine rings is 1. The van der Waals surface area contributed by atoms with Crippen LogP contribution in [0.4, 0.5) is 0 Å². The number of hydrogen-bond acceptors (Lipinski definition) is 3. The molecule has 1 N–H and O–H groups in total. The molecule has 0 amide bonds. The lowest BCUT2D eigenvalue weighted by molar-refractivity contribution is -0.145. The van der Waals surface area contributed by atoms with E-state index in [0.717, 1.165) is 32.4 Å². The predicted octanol–water partition coefficient (Wildman–Crippen LogP) is 2.70. The Morgan fingerprint density at radius 2 is 2.00 bits per heavy atom. The third kappa shape index (κ3) is 4.05. The summed E-state index contributed by atoms with van der Waals surface area (Å²) in [5, 5.41) is 8.64. The van der Waals surface area contributed by atoms with E-state index in [1.807, 2.05) is 6.07 Å². The molecule has 2 rings (SSSR count). The van der Waals surface area contributed by atoms with Crippen LogP contribution in [0.25, 0.3) is 0 Å². The molecule has 0 aliphatic carbocycles. The summed E-state index contributed by atoms with van der Waals surface area (Å²) < 4.78 is 5.39. The molecule has 0 saturated carbocycles. The Balaban J connectivity index is 1.87. The van der Waals surface area contributed by atoms with Crippen molar-refractivity contribution in [1.82, 2.24) is 4.90 Å². The number of benzene rings is 1. The van der Waals surface area contributed by atoms with Crippen LogP contribution in [0.15, 0.2) is 30.3 Å². The summed E-state index contributed by atoms with van der Waals surface area (Å²) in [6.07, 6.45) is 3.01. The molecule has 1 aliphatic heterocycles. The van der Waals surface area contributed by atoms with Crippen LogP contribution in [0.3, 0.4) is 0 Å². The molecule has 20 heavy (non-hydrogen) atoms. The summed E-state index contributed by atoms with van der Waals surface area (Å²) >= 11 is 0. The molecule has 1 aliphatic rings. The molecule has 1 saturated heterocycles. The standard InChI is InChI=1S/C16H23NO3/c1-2-15(13-6-4-3-5-7-13)17-10-8-14(9-11-17)20-12-16(18)19/h3-7,14-15H,2,8-12H2,1H3,(H,18,19). The Morgan fingerprint density at radius 1 is 1.35 bits per heavy atom. The normalized spacial score (nSPS) is 18.9. The van der Waals surface area contributed by atoms with Crippen LogP contribution >= 0.6 is 0 Å². The van der Waals surface area contributed by atoms with Crippen LogP contribution in [0, 0.1) is 0 Å². The number of carboxylic acids is 1. The second kappa shape index (κ2) is 7.41. The predicted molar refractivity (Wildman–Crippen MR) is 77.7 cm³/mol. The van der Waals surface area contributed by atoms with Gasteiger partial charge in [-0.1, -0.05) is 37.3 Å². The summed E-state index contributed by atoms with van der Waals surface area (Å²) in [6, 6.07) is 11.0. The van der Waals surface area contributed by atoms with Crippen LogP contribution in [0.2, 0.25) is 0 Å². The molecular formula is C16H23NO3. The first-order valence-corrected chi connectivity index (χ1v) is 7.33. The van der Waals surface area contributed by atoms with Crippen molar-refractivity contribution in [2.45, 2.75) is 38.3 Å². The van der Waals surface area contributed by atoms with Crippen molar-refractivity contribution in [2.24, 2.45) is 0 Å². The van der Waals surface area contributed by atoms with E-state index in [9.17, 15) is 4.79 Å². The van der Waals surface area contributed by atoms with E-state index >= 15 is 0 Å². The second-order valence-corrected chi connectivity index (χ2v) is 5.27. The lowest BCUT2D eigenvalue weighted by atomic mass is 9.99. The van der Waals surface area contributed by atoms with E-state index in [-0.39, 0.29) is 12.7 Å². The molecule has 1 unspecified atom stereocenters. The van der Waals surface area contributed by atoms with Crippen molar-refractivity contribution in [2.75, 3.05) is 19.7 Å². The lowest BCUT2D eigenvalue weighted by Gasteiger charge is -2.37. The first-order valence-electron chi connectivity index (χ1n) is 7.33. The average molecular weight is 277 g/mol. The van der Waals surface area contributed by atoms with Crippen molar-refractivity contribution < 1.29 is 14.6 Å². The quantitative estimate of drug-likeness (QED) is 0.868. The fourth-order valence-electron chi connectivity index (χ4n) is 2.92. The number of aliphatic carboxylic acids is 1. The molecule has 1 heterocycles. The highest BCUT2D eigenvalue weighted by Crippen LogP contribution is 2.27. The minimum absolute atomic E-state index is 0.0932. The third-order valence-corrected chi connectivity index (χ3v) is 3.93. The highest BCUT2D eigenvalue weighted by Gasteiger charge is 2.25. The molecule has 4 heteroatoms. The van der Waals surface area contributed by atoms with Crippen molar-refractivity contribution in [1.29, 1.82) is 0 Å². The summed E-state index contributed by atoms with van der Waals surface area (Å²) in [5.41, 5.74) is 1.36. The first-order chi connectivity index (χ1) is 9.70. The van der Waals surface area contributed by atoms with E-state index < -0.39 is 5.97 Å². The smallest absolute Gasteiger partial charge is 0.329 e. The summed E-state index contributed by atoms with van der Waals surface area (Å²) in [6.45, 7) is 3.97. The van der Waals surface area contributed by atoms with E-state index in [1.54, 1.807) is 0 Å². The highest BCUT2D eigenvalue weighted by atomic mass is 16.5. The van der Waals surface area contributed by atoms with E-state index in [2.05, 4.69) is 36.1 Å². The topological polar surface area (TPSA) is 49.8 Å². The van der Waals surface area contributed by atoms with Gasteiger partial charge in [-0.2, -0.15) is 0 Å². The van der Waals surface area contributed by atoms with Gasteiger partial charge in [0.1, 0.15) is 6.61 Å². The fourth-order valence-corrected chi connectivity index (χ4v) is 2.92. The molecule has 1 atom stereocenters. The van der Waals surface area contributed by atoms with Gasteiger partial charge in [-0.3, -0.25) is 4.90 Å². The summed E-state index contributed by atoms with van der Waals surface area (Å²) in [5.74, 6) is -0.886. The van der Waals surface area contributed by atoms with Crippen LogP contribution < -0.4 is 0 Å². The zero-order chi connectivity index (χ0) is 14.4. The first kappa shape index (κ1) is 15.0. The zero-order valence-corrected chi connectivity index (χ0v) is 12.0. The summed E-state index contributed by atoms with van der Waals surface area (Å²) in [7, 11) is 0. The van der Waals surface area contributed by atoms with Crippen LogP contribution in [0.1, 0.15) is 37.8 Å². The van der Waals surface area contributed by atoms with Crippen molar-refractivity contribution in [3.05, 3.63) is 35.9 Å². The van der Waals surface area contributed by atoms with Gasteiger partial charge in [-0.15, -0.1) is 0 Å². The van der Waals surface area contributed by atoms with Gasteiger partial charge in [0.05, 0.1) is 6.10 Å².